The zero-order valence-corrected chi connectivity index (χ0v) is 17.4. The van der Waals surface area contributed by atoms with Gasteiger partial charge in [0.25, 0.3) is 5.91 Å². The first-order valence-electron chi connectivity index (χ1n) is 8.50. The Kier molecular flexibility index (Phi) is 6.72. The van der Waals surface area contributed by atoms with Crippen LogP contribution in [0.1, 0.15) is 12.5 Å². The summed E-state index contributed by atoms with van der Waals surface area (Å²) in [4.78, 5) is 26.7. The molecule has 1 aliphatic heterocycles. The van der Waals surface area contributed by atoms with E-state index in [0.29, 0.717) is 26.5 Å². The Bertz CT molecular complexity index is 945. The van der Waals surface area contributed by atoms with Crippen LogP contribution >= 0.6 is 35.6 Å². The number of carbonyl (C=O) groups excluding carboxylic acids is 2. The lowest BCUT2D eigenvalue weighted by molar-refractivity contribution is -0.126. The smallest absolute Gasteiger partial charge is 0.266 e. The molecule has 28 heavy (non-hydrogen) atoms. The largest absolute Gasteiger partial charge is 0.494 e. The summed E-state index contributed by atoms with van der Waals surface area (Å²) >= 11 is 12.5. The minimum Gasteiger partial charge on any atom is -0.494 e. The van der Waals surface area contributed by atoms with Gasteiger partial charge in [-0.15, -0.1) is 0 Å². The van der Waals surface area contributed by atoms with Crippen molar-refractivity contribution in [1.82, 2.24) is 4.90 Å². The van der Waals surface area contributed by atoms with E-state index in [1.54, 1.807) is 30.3 Å². The van der Waals surface area contributed by atoms with Gasteiger partial charge >= 0.3 is 0 Å². The number of rotatable bonds is 6. The molecular weight excluding hydrogens is 416 g/mol. The molecule has 0 aromatic heterocycles. The van der Waals surface area contributed by atoms with Gasteiger partial charge in [-0.1, -0.05) is 59.8 Å². The van der Waals surface area contributed by atoms with Gasteiger partial charge in [0.1, 0.15) is 16.6 Å². The number of benzene rings is 2. The summed E-state index contributed by atoms with van der Waals surface area (Å²) in [5, 5.41) is 3.12. The minimum atomic E-state index is -0.369. The molecule has 1 fully saturated rings. The lowest BCUT2D eigenvalue weighted by atomic mass is 10.2. The normalized spacial score (nSPS) is 15.2. The van der Waals surface area contributed by atoms with Crippen LogP contribution in [-0.4, -0.2) is 34.2 Å². The number of para-hydroxylation sites is 1. The molecule has 3 rings (SSSR count). The van der Waals surface area contributed by atoms with Gasteiger partial charge in [0.2, 0.25) is 5.91 Å². The highest BCUT2D eigenvalue weighted by atomic mass is 35.5. The minimum absolute atomic E-state index is 0.170. The number of halogens is 1. The highest BCUT2D eigenvalue weighted by molar-refractivity contribution is 8.26. The van der Waals surface area contributed by atoms with Crippen LogP contribution in [0.2, 0.25) is 5.02 Å². The maximum absolute atomic E-state index is 12.7. The second-order valence-electron chi connectivity index (χ2n) is 5.80. The molecule has 2 aromatic carbocycles. The van der Waals surface area contributed by atoms with Crippen molar-refractivity contribution in [2.24, 2.45) is 0 Å². The van der Waals surface area contributed by atoms with E-state index in [1.807, 2.05) is 31.2 Å². The van der Waals surface area contributed by atoms with Crippen LogP contribution in [0, 0.1) is 0 Å². The Morgan fingerprint density at radius 2 is 1.96 bits per heavy atom. The van der Waals surface area contributed by atoms with Crippen molar-refractivity contribution in [3.05, 3.63) is 64.0 Å². The van der Waals surface area contributed by atoms with Crippen LogP contribution < -0.4 is 10.1 Å². The number of nitrogens with one attached hydrogen (secondary N) is 1. The van der Waals surface area contributed by atoms with Crippen LogP contribution in [0.5, 0.6) is 5.75 Å². The molecule has 0 radical (unpaired) electrons. The van der Waals surface area contributed by atoms with Crippen LogP contribution in [0.3, 0.4) is 0 Å². The van der Waals surface area contributed by atoms with E-state index >= 15 is 0 Å². The van der Waals surface area contributed by atoms with Crippen molar-refractivity contribution in [3.8, 4) is 5.75 Å². The quantitative estimate of drug-likeness (QED) is 0.535. The van der Waals surface area contributed by atoms with E-state index in [0.717, 1.165) is 11.3 Å². The topological polar surface area (TPSA) is 58.6 Å². The van der Waals surface area contributed by atoms with E-state index in [9.17, 15) is 9.59 Å². The summed E-state index contributed by atoms with van der Waals surface area (Å²) in [5.74, 6) is 0.105. The highest BCUT2D eigenvalue weighted by Crippen LogP contribution is 2.32. The molecule has 1 N–H and O–H groups in total. The van der Waals surface area contributed by atoms with Crippen LogP contribution in [0.4, 0.5) is 5.69 Å². The van der Waals surface area contributed by atoms with Crippen LogP contribution in [0.15, 0.2) is 53.4 Å². The molecule has 8 heteroatoms. The van der Waals surface area contributed by atoms with Crippen molar-refractivity contribution >= 4 is 63.5 Å². The number of amides is 2. The third-order valence-corrected chi connectivity index (χ3v) is 5.52. The molecule has 0 bridgehead atoms. The monoisotopic (exact) mass is 432 g/mol. The Balaban J connectivity index is 1.67. The molecule has 2 aromatic rings. The third kappa shape index (κ3) is 4.92. The van der Waals surface area contributed by atoms with Crippen molar-refractivity contribution in [2.75, 3.05) is 18.5 Å². The first-order chi connectivity index (χ1) is 13.5. The van der Waals surface area contributed by atoms with Gasteiger partial charge in [0, 0.05) is 0 Å². The summed E-state index contributed by atoms with van der Waals surface area (Å²) in [6.07, 6.45) is 1.75. The Labute approximate surface area is 177 Å². The standard InChI is InChI=1S/C20H17ClN2O3S2/c1-2-26-14-9-7-13(8-10-14)11-17-19(25)23(20(27)28-17)12-18(24)22-16-6-4-3-5-15(16)21/h3-11H,2,12H2,1H3,(H,22,24)/b17-11-. The molecule has 2 amide bonds. The SMILES string of the molecule is CCOc1ccc(/C=C2\SC(=S)N(CC(=O)Nc3ccccc3Cl)C2=O)cc1. The molecule has 0 aliphatic carbocycles. The van der Waals surface area contributed by atoms with E-state index in [1.165, 1.54) is 16.7 Å². The summed E-state index contributed by atoms with van der Waals surface area (Å²) in [7, 11) is 0. The Hall–Kier alpha value is -2.35. The third-order valence-electron chi connectivity index (χ3n) is 3.81. The molecule has 0 atom stereocenters. The lowest BCUT2D eigenvalue weighted by Gasteiger charge is -2.14. The summed E-state index contributed by atoms with van der Waals surface area (Å²) in [5.41, 5.74) is 1.34. The fraction of sp³-hybridized carbons (Fsp3) is 0.150. The second kappa shape index (κ2) is 9.23. The van der Waals surface area contributed by atoms with Crippen molar-refractivity contribution in [3.63, 3.8) is 0 Å². The maximum Gasteiger partial charge on any atom is 0.266 e. The molecular formula is C20H17ClN2O3S2. The first-order valence-corrected chi connectivity index (χ1v) is 10.1. The van der Waals surface area contributed by atoms with Gasteiger partial charge in [-0.25, -0.2) is 0 Å². The van der Waals surface area contributed by atoms with Gasteiger partial charge in [0.05, 0.1) is 22.2 Å². The number of nitrogens with zero attached hydrogens (tertiary/aromatic N) is 1. The first kappa shape index (κ1) is 20.4. The van der Waals surface area contributed by atoms with Gasteiger partial charge < -0.3 is 10.1 Å². The number of thioether (sulfide) groups is 1. The summed E-state index contributed by atoms with van der Waals surface area (Å²) in [6.45, 7) is 2.34. The van der Waals surface area contributed by atoms with Gasteiger partial charge in [-0.05, 0) is 42.8 Å². The van der Waals surface area contributed by atoms with Crippen LogP contribution in [0.25, 0.3) is 6.08 Å². The lowest BCUT2D eigenvalue weighted by Crippen LogP contribution is -2.36. The van der Waals surface area contributed by atoms with Crippen molar-refractivity contribution in [1.29, 1.82) is 0 Å². The molecule has 0 saturated carbocycles. The fourth-order valence-corrected chi connectivity index (χ4v) is 3.95. The summed E-state index contributed by atoms with van der Waals surface area (Å²) in [6, 6.07) is 14.3. The number of hydrogen-bond donors (Lipinski definition) is 1. The second-order valence-corrected chi connectivity index (χ2v) is 7.88. The van der Waals surface area contributed by atoms with Crippen molar-refractivity contribution < 1.29 is 14.3 Å². The average Bonchev–Trinajstić information content (AvgIpc) is 2.93. The molecule has 0 unspecified atom stereocenters. The predicted octanol–water partition coefficient (Wildman–Crippen LogP) is 4.58. The number of carbonyl (C=O) groups is 2. The van der Waals surface area contributed by atoms with E-state index < -0.39 is 0 Å². The van der Waals surface area contributed by atoms with Crippen molar-refractivity contribution in [2.45, 2.75) is 6.92 Å². The molecule has 0 spiro atoms. The summed E-state index contributed by atoms with van der Waals surface area (Å²) < 4.78 is 5.76. The number of anilines is 1. The average molecular weight is 433 g/mol. The zero-order chi connectivity index (χ0) is 20.1. The van der Waals surface area contributed by atoms with Gasteiger partial charge in [0.15, 0.2) is 0 Å². The van der Waals surface area contributed by atoms with E-state index in [2.05, 4.69) is 5.32 Å². The van der Waals surface area contributed by atoms with Gasteiger partial charge in [-0.2, -0.15) is 0 Å². The highest BCUT2D eigenvalue weighted by Gasteiger charge is 2.33. The van der Waals surface area contributed by atoms with Crippen LogP contribution in [-0.2, 0) is 9.59 Å². The Morgan fingerprint density at radius 1 is 1.25 bits per heavy atom. The molecule has 5 nitrogen and oxygen atoms in total. The van der Waals surface area contributed by atoms with E-state index in [-0.39, 0.29) is 18.4 Å². The van der Waals surface area contributed by atoms with E-state index in [4.69, 9.17) is 28.6 Å². The zero-order valence-electron chi connectivity index (χ0n) is 15.0. The number of thiocarbonyl (C=S) groups is 1. The Morgan fingerprint density at radius 3 is 2.64 bits per heavy atom. The number of ether oxygens (including phenoxy) is 1. The molecule has 1 aliphatic rings. The molecule has 1 heterocycles. The fourth-order valence-electron chi connectivity index (χ4n) is 2.51. The number of hydrogen-bond acceptors (Lipinski definition) is 5. The molecule has 1 saturated heterocycles. The van der Waals surface area contributed by atoms with Gasteiger partial charge in [-0.3, -0.25) is 14.5 Å². The predicted molar refractivity (Wildman–Crippen MR) is 118 cm³/mol. The maximum atomic E-state index is 12.7. The molecule has 144 valence electrons.